The van der Waals surface area contributed by atoms with Crippen molar-refractivity contribution in [3.8, 4) is 17.1 Å². The van der Waals surface area contributed by atoms with Crippen LogP contribution in [-0.4, -0.2) is 20.2 Å². The summed E-state index contributed by atoms with van der Waals surface area (Å²) in [6.07, 6.45) is 0. The summed E-state index contributed by atoms with van der Waals surface area (Å²) in [6, 6.07) is 11.5. The largest absolute Gasteiger partial charge is 0.399 e. The van der Waals surface area contributed by atoms with Crippen LogP contribution < -0.4 is 5.73 Å². The Morgan fingerprint density at radius 3 is 2.57 bits per heavy atom. The van der Waals surface area contributed by atoms with Crippen molar-refractivity contribution in [2.75, 3.05) is 5.73 Å². The van der Waals surface area contributed by atoms with Gasteiger partial charge in [0.1, 0.15) is 0 Å². The van der Waals surface area contributed by atoms with Gasteiger partial charge in [0, 0.05) is 11.3 Å². The van der Waals surface area contributed by atoms with E-state index < -0.39 is 0 Å². The molecule has 21 heavy (non-hydrogen) atoms. The maximum absolute atomic E-state index is 6.30. The maximum Gasteiger partial charge on any atom is 0.187 e. The first-order valence-corrected chi connectivity index (χ1v) is 6.85. The Bertz CT molecular complexity index is 789. The minimum atomic E-state index is 0.601. The molecule has 1 heterocycles. The number of rotatable bonds is 2. The van der Waals surface area contributed by atoms with Gasteiger partial charge in [-0.2, -0.15) is 4.68 Å². The number of nitrogens with two attached hydrogens (primary N) is 1. The molecule has 3 aromatic rings. The summed E-state index contributed by atoms with van der Waals surface area (Å²) in [6.45, 7) is 3.96. The first-order chi connectivity index (χ1) is 10.0. The van der Waals surface area contributed by atoms with Crippen LogP contribution in [0.4, 0.5) is 5.69 Å². The predicted octanol–water partition coefficient (Wildman–Crippen LogP) is 3.18. The van der Waals surface area contributed by atoms with E-state index >= 15 is 0 Å². The van der Waals surface area contributed by atoms with E-state index in [0.717, 1.165) is 22.4 Å². The van der Waals surface area contributed by atoms with Gasteiger partial charge in [0.05, 0.1) is 10.7 Å². The number of tetrazole rings is 1. The number of nitrogen functional groups attached to an aromatic ring is 1. The first kappa shape index (κ1) is 13.6. The second kappa shape index (κ2) is 5.18. The van der Waals surface area contributed by atoms with E-state index in [-0.39, 0.29) is 0 Å². The minimum Gasteiger partial charge on any atom is -0.399 e. The fourth-order valence-corrected chi connectivity index (χ4v) is 2.57. The molecule has 0 radical (unpaired) electrons. The summed E-state index contributed by atoms with van der Waals surface area (Å²) in [5.74, 6) is 0.608. The molecule has 6 heteroatoms. The third kappa shape index (κ3) is 2.60. The summed E-state index contributed by atoms with van der Waals surface area (Å²) in [5.41, 5.74) is 10.3. The highest BCUT2D eigenvalue weighted by atomic mass is 35.5. The van der Waals surface area contributed by atoms with Crippen LogP contribution in [0.5, 0.6) is 0 Å². The Labute approximate surface area is 127 Å². The zero-order valence-corrected chi connectivity index (χ0v) is 12.5. The van der Waals surface area contributed by atoms with Gasteiger partial charge in [0.2, 0.25) is 0 Å². The van der Waals surface area contributed by atoms with Crippen molar-refractivity contribution in [2.24, 2.45) is 0 Å². The van der Waals surface area contributed by atoms with E-state index in [1.54, 1.807) is 4.68 Å². The van der Waals surface area contributed by atoms with E-state index in [0.29, 0.717) is 16.5 Å². The van der Waals surface area contributed by atoms with E-state index in [2.05, 4.69) is 15.5 Å². The zero-order chi connectivity index (χ0) is 15.0. The van der Waals surface area contributed by atoms with Crippen LogP contribution in [0.3, 0.4) is 0 Å². The lowest BCUT2D eigenvalue weighted by Gasteiger charge is -2.08. The molecule has 0 aliphatic carbocycles. The lowest BCUT2D eigenvalue weighted by atomic mass is 10.1. The number of nitrogens with zero attached hydrogens (tertiary/aromatic N) is 4. The second-order valence-corrected chi connectivity index (χ2v) is 5.41. The smallest absolute Gasteiger partial charge is 0.187 e. The number of hydrogen-bond donors (Lipinski definition) is 1. The van der Waals surface area contributed by atoms with Gasteiger partial charge in [-0.25, -0.2) is 0 Å². The van der Waals surface area contributed by atoms with Crippen molar-refractivity contribution in [3.05, 3.63) is 52.5 Å². The van der Waals surface area contributed by atoms with Gasteiger partial charge in [0.25, 0.3) is 0 Å². The van der Waals surface area contributed by atoms with Crippen molar-refractivity contribution in [3.63, 3.8) is 0 Å². The lowest BCUT2D eigenvalue weighted by Crippen LogP contribution is -2.01. The molecular formula is C15H14ClN5. The summed E-state index contributed by atoms with van der Waals surface area (Å²) >= 11 is 6.30. The van der Waals surface area contributed by atoms with Crippen molar-refractivity contribution in [1.82, 2.24) is 20.2 Å². The highest BCUT2D eigenvalue weighted by Gasteiger charge is 2.14. The topological polar surface area (TPSA) is 69.6 Å². The molecule has 0 atom stereocenters. The van der Waals surface area contributed by atoms with Crippen LogP contribution in [0.15, 0.2) is 36.4 Å². The molecule has 1 aromatic heterocycles. The number of anilines is 1. The van der Waals surface area contributed by atoms with Gasteiger partial charge in [-0.3, -0.25) is 0 Å². The third-order valence-electron chi connectivity index (χ3n) is 3.16. The number of benzene rings is 2. The third-order valence-corrected chi connectivity index (χ3v) is 3.46. The molecular weight excluding hydrogens is 286 g/mol. The Hall–Kier alpha value is -2.40. The SMILES string of the molecule is Cc1cc(N)cc(-c2nnnn2-c2ccc(C)cc2Cl)c1. The van der Waals surface area contributed by atoms with Gasteiger partial charge >= 0.3 is 0 Å². The first-order valence-electron chi connectivity index (χ1n) is 6.47. The molecule has 2 N–H and O–H groups in total. The van der Waals surface area contributed by atoms with Gasteiger partial charge in [-0.1, -0.05) is 17.7 Å². The summed E-state index contributed by atoms with van der Waals surface area (Å²) < 4.78 is 1.62. The summed E-state index contributed by atoms with van der Waals surface area (Å²) in [7, 11) is 0. The normalized spacial score (nSPS) is 10.8. The zero-order valence-electron chi connectivity index (χ0n) is 11.7. The molecule has 0 aliphatic heterocycles. The Kier molecular flexibility index (Phi) is 3.35. The standard InChI is InChI=1S/C15H14ClN5/c1-9-3-4-14(13(16)7-9)21-15(18-19-20-21)11-5-10(2)6-12(17)8-11/h3-8H,17H2,1-2H3. The molecule has 0 unspecified atom stereocenters. The fraction of sp³-hybridized carbons (Fsp3) is 0.133. The summed E-state index contributed by atoms with van der Waals surface area (Å²) in [4.78, 5) is 0. The van der Waals surface area contributed by atoms with Crippen molar-refractivity contribution >= 4 is 17.3 Å². The average Bonchev–Trinajstić information content (AvgIpc) is 2.86. The molecule has 106 valence electrons. The number of aryl methyl sites for hydroxylation is 2. The number of hydrogen-bond acceptors (Lipinski definition) is 4. The highest BCUT2D eigenvalue weighted by molar-refractivity contribution is 6.32. The summed E-state index contributed by atoms with van der Waals surface area (Å²) in [5, 5.41) is 12.5. The number of halogens is 1. The Balaban J connectivity index is 2.17. The van der Waals surface area contributed by atoms with Crippen LogP contribution in [0.1, 0.15) is 11.1 Å². The minimum absolute atomic E-state index is 0.601. The molecule has 0 aliphatic rings. The van der Waals surface area contributed by atoms with Gasteiger partial charge < -0.3 is 5.73 Å². The van der Waals surface area contributed by atoms with E-state index in [1.165, 1.54) is 0 Å². The Morgan fingerprint density at radius 1 is 1.05 bits per heavy atom. The quantitative estimate of drug-likeness (QED) is 0.738. The molecule has 2 aromatic carbocycles. The van der Waals surface area contributed by atoms with Crippen LogP contribution >= 0.6 is 11.6 Å². The lowest BCUT2D eigenvalue weighted by molar-refractivity contribution is 0.791. The average molecular weight is 300 g/mol. The van der Waals surface area contributed by atoms with Crippen LogP contribution in [-0.2, 0) is 0 Å². The predicted molar refractivity (Wildman–Crippen MR) is 83.5 cm³/mol. The molecule has 0 bridgehead atoms. The highest BCUT2D eigenvalue weighted by Crippen LogP contribution is 2.27. The molecule has 0 fully saturated rings. The van der Waals surface area contributed by atoms with Gasteiger partial charge in [0.15, 0.2) is 5.82 Å². The van der Waals surface area contributed by atoms with Crippen LogP contribution in [0, 0.1) is 13.8 Å². The van der Waals surface area contributed by atoms with Gasteiger partial charge in [-0.05, 0) is 65.7 Å². The van der Waals surface area contributed by atoms with E-state index in [9.17, 15) is 0 Å². The van der Waals surface area contributed by atoms with Crippen LogP contribution in [0.25, 0.3) is 17.1 Å². The monoisotopic (exact) mass is 299 g/mol. The molecule has 5 nitrogen and oxygen atoms in total. The number of aromatic nitrogens is 4. The van der Waals surface area contributed by atoms with Crippen molar-refractivity contribution in [1.29, 1.82) is 0 Å². The van der Waals surface area contributed by atoms with E-state index in [4.69, 9.17) is 17.3 Å². The van der Waals surface area contributed by atoms with Gasteiger partial charge in [-0.15, -0.1) is 5.10 Å². The molecule has 0 spiro atoms. The second-order valence-electron chi connectivity index (χ2n) is 5.00. The molecule has 3 rings (SSSR count). The molecule has 0 saturated carbocycles. The van der Waals surface area contributed by atoms with Crippen LogP contribution in [0.2, 0.25) is 5.02 Å². The van der Waals surface area contributed by atoms with E-state index in [1.807, 2.05) is 50.2 Å². The molecule has 0 saturated heterocycles. The van der Waals surface area contributed by atoms with Crippen molar-refractivity contribution in [2.45, 2.75) is 13.8 Å². The molecule has 0 amide bonds. The Morgan fingerprint density at radius 2 is 1.86 bits per heavy atom. The van der Waals surface area contributed by atoms with Crippen molar-refractivity contribution < 1.29 is 0 Å². The fourth-order valence-electron chi connectivity index (χ4n) is 2.25. The maximum atomic E-state index is 6.30.